The van der Waals surface area contributed by atoms with Gasteiger partial charge in [-0.15, -0.1) is 11.3 Å². The quantitative estimate of drug-likeness (QED) is 0.796. The molecule has 0 atom stereocenters. The predicted octanol–water partition coefficient (Wildman–Crippen LogP) is 2.95. The standard InChI is InChI=1S/C13H13NO3S/c1-8-4-11(16-2)12(17-3)5-10(8)13-14-9(6-15)7-18-13/h4-7H,1-3H3. The van der Waals surface area contributed by atoms with Crippen molar-refractivity contribution in [2.75, 3.05) is 14.2 Å². The number of benzene rings is 1. The third-order valence-electron chi connectivity index (χ3n) is 2.60. The van der Waals surface area contributed by atoms with Crippen LogP contribution < -0.4 is 9.47 Å². The molecule has 0 aliphatic heterocycles. The number of nitrogens with zero attached hydrogens (tertiary/aromatic N) is 1. The largest absolute Gasteiger partial charge is 0.493 e. The molecule has 0 saturated carbocycles. The number of carbonyl (C=O) groups is 1. The Kier molecular flexibility index (Phi) is 3.62. The van der Waals surface area contributed by atoms with Gasteiger partial charge in [0.2, 0.25) is 0 Å². The summed E-state index contributed by atoms with van der Waals surface area (Å²) in [6, 6.07) is 3.78. The van der Waals surface area contributed by atoms with Crippen molar-refractivity contribution in [3.05, 3.63) is 28.8 Å². The Balaban J connectivity index is 2.53. The van der Waals surface area contributed by atoms with Crippen molar-refractivity contribution in [1.82, 2.24) is 4.98 Å². The van der Waals surface area contributed by atoms with Gasteiger partial charge in [0.25, 0.3) is 0 Å². The van der Waals surface area contributed by atoms with E-state index in [-0.39, 0.29) is 0 Å². The zero-order valence-electron chi connectivity index (χ0n) is 10.4. The summed E-state index contributed by atoms with van der Waals surface area (Å²) in [5.74, 6) is 1.34. The molecule has 1 aromatic heterocycles. The highest BCUT2D eigenvalue weighted by Crippen LogP contribution is 2.36. The fourth-order valence-electron chi connectivity index (χ4n) is 1.68. The lowest BCUT2D eigenvalue weighted by Gasteiger charge is -2.11. The summed E-state index contributed by atoms with van der Waals surface area (Å²) >= 11 is 1.44. The second kappa shape index (κ2) is 5.18. The third kappa shape index (κ3) is 2.22. The summed E-state index contributed by atoms with van der Waals surface area (Å²) in [7, 11) is 3.19. The summed E-state index contributed by atoms with van der Waals surface area (Å²) < 4.78 is 10.5. The number of aryl methyl sites for hydroxylation is 1. The minimum absolute atomic E-state index is 0.448. The highest BCUT2D eigenvalue weighted by molar-refractivity contribution is 7.13. The SMILES string of the molecule is COc1cc(C)c(-c2nc(C=O)cs2)cc1OC. The smallest absolute Gasteiger partial charge is 0.169 e. The molecule has 0 saturated heterocycles. The number of aromatic nitrogens is 1. The van der Waals surface area contributed by atoms with Crippen LogP contribution in [0.2, 0.25) is 0 Å². The lowest BCUT2D eigenvalue weighted by Crippen LogP contribution is -1.93. The van der Waals surface area contributed by atoms with E-state index in [0.717, 1.165) is 22.4 Å². The molecule has 18 heavy (non-hydrogen) atoms. The molecule has 4 nitrogen and oxygen atoms in total. The zero-order valence-corrected chi connectivity index (χ0v) is 11.2. The second-order valence-corrected chi connectivity index (χ2v) is 4.58. The van der Waals surface area contributed by atoms with Crippen molar-refractivity contribution >= 4 is 17.6 Å². The molecular formula is C13H13NO3S. The van der Waals surface area contributed by atoms with Crippen LogP contribution in [0.1, 0.15) is 16.1 Å². The second-order valence-electron chi connectivity index (χ2n) is 3.72. The molecule has 1 aromatic carbocycles. The van der Waals surface area contributed by atoms with E-state index >= 15 is 0 Å². The minimum atomic E-state index is 0.448. The Morgan fingerprint density at radius 1 is 1.22 bits per heavy atom. The molecule has 0 fully saturated rings. The average molecular weight is 263 g/mol. The van der Waals surface area contributed by atoms with Gasteiger partial charge in [-0.25, -0.2) is 4.98 Å². The molecule has 0 amide bonds. The first-order valence-electron chi connectivity index (χ1n) is 5.33. The summed E-state index contributed by atoms with van der Waals surface area (Å²) in [5.41, 5.74) is 2.43. The molecule has 94 valence electrons. The first kappa shape index (κ1) is 12.6. The summed E-state index contributed by atoms with van der Waals surface area (Å²) in [6.45, 7) is 1.97. The molecule has 0 spiro atoms. The number of hydrogen-bond donors (Lipinski definition) is 0. The van der Waals surface area contributed by atoms with Gasteiger partial charge in [0.05, 0.1) is 14.2 Å². The van der Waals surface area contributed by atoms with Crippen LogP contribution in [0.5, 0.6) is 11.5 Å². The van der Waals surface area contributed by atoms with Gasteiger partial charge in [-0.1, -0.05) is 0 Å². The van der Waals surface area contributed by atoms with Gasteiger partial charge in [-0.3, -0.25) is 4.79 Å². The third-order valence-corrected chi connectivity index (χ3v) is 3.50. The number of aldehydes is 1. The number of methoxy groups -OCH3 is 2. The van der Waals surface area contributed by atoms with Gasteiger partial charge in [0, 0.05) is 10.9 Å². The molecular weight excluding hydrogens is 250 g/mol. The van der Waals surface area contributed by atoms with Crippen LogP contribution in [0, 0.1) is 6.92 Å². The first-order valence-corrected chi connectivity index (χ1v) is 6.21. The van der Waals surface area contributed by atoms with E-state index in [9.17, 15) is 4.79 Å². The first-order chi connectivity index (χ1) is 8.69. The van der Waals surface area contributed by atoms with E-state index < -0.39 is 0 Å². The Bertz CT molecular complexity index is 578. The summed E-state index contributed by atoms with van der Waals surface area (Å²) in [4.78, 5) is 14.9. The average Bonchev–Trinajstić information content (AvgIpc) is 2.86. The maximum atomic E-state index is 10.7. The van der Waals surface area contributed by atoms with Crippen LogP contribution in [0.25, 0.3) is 10.6 Å². The maximum Gasteiger partial charge on any atom is 0.169 e. The molecule has 0 N–H and O–H groups in total. The highest BCUT2D eigenvalue weighted by Gasteiger charge is 2.12. The van der Waals surface area contributed by atoms with Gasteiger partial charge in [0.15, 0.2) is 17.8 Å². The van der Waals surface area contributed by atoms with Gasteiger partial charge in [0.1, 0.15) is 10.7 Å². The van der Waals surface area contributed by atoms with Crippen LogP contribution in [0.15, 0.2) is 17.5 Å². The van der Waals surface area contributed by atoms with Gasteiger partial charge < -0.3 is 9.47 Å². The van der Waals surface area contributed by atoms with E-state index in [1.54, 1.807) is 19.6 Å². The molecule has 2 rings (SSSR count). The molecule has 5 heteroatoms. The normalized spacial score (nSPS) is 10.2. The van der Waals surface area contributed by atoms with E-state index in [2.05, 4.69) is 4.98 Å². The van der Waals surface area contributed by atoms with Crippen LogP contribution in [-0.4, -0.2) is 25.5 Å². The highest BCUT2D eigenvalue weighted by atomic mass is 32.1. The molecule has 1 heterocycles. The van der Waals surface area contributed by atoms with Crippen LogP contribution in [-0.2, 0) is 0 Å². The summed E-state index contributed by atoms with van der Waals surface area (Å²) in [5, 5.41) is 2.54. The molecule has 0 aliphatic rings. The van der Waals surface area contributed by atoms with Crippen molar-refractivity contribution in [1.29, 1.82) is 0 Å². The van der Waals surface area contributed by atoms with Crippen LogP contribution in [0.3, 0.4) is 0 Å². The molecule has 0 bridgehead atoms. The van der Waals surface area contributed by atoms with Crippen LogP contribution >= 0.6 is 11.3 Å². The predicted molar refractivity (Wildman–Crippen MR) is 70.8 cm³/mol. The van der Waals surface area contributed by atoms with E-state index in [0.29, 0.717) is 17.2 Å². The van der Waals surface area contributed by atoms with Crippen molar-refractivity contribution < 1.29 is 14.3 Å². The Hall–Kier alpha value is -1.88. The molecule has 0 radical (unpaired) electrons. The molecule has 0 unspecified atom stereocenters. The summed E-state index contributed by atoms with van der Waals surface area (Å²) in [6.07, 6.45) is 0.746. The zero-order chi connectivity index (χ0) is 13.1. The molecule has 2 aromatic rings. The fraction of sp³-hybridized carbons (Fsp3) is 0.231. The lowest BCUT2D eigenvalue weighted by atomic mass is 10.1. The number of carbonyl (C=O) groups excluding carboxylic acids is 1. The molecule has 0 aliphatic carbocycles. The van der Waals surface area contributed by atoms with E-state index in [1.807, 2.05) is 19.1 Å². The Morgan fingerprint density at radius 3 is 2.44 bits per heavy atom. The van der Waals surface area contributed by atoms with Crippen molar-refractivity contribution in [3.8, 4) is 22.1 Å². The number of hydrogen-bond acceptors (Lipinski definition) is 5. The van der Waals surface area contributed by atoms with Gasteiger partial charge in [-0.2, -0.15) is 0 Å². The van der Waals surface area contributed by atoms with Gasteiger partial charge in [-0.05, 0) is 24.6 Å². The Morgan fingerprint density at radius 2 is 1.89 bits per heavy atom. The van der Waals surface area contributed by atoms with Crippen molar-refractivity contribution in [3.63, 3.8) is 0 Å². The van der Waals surface area contributed by atoms with Gasteiger partial charge >= 0.3 is 0 Å². The Labute approximate surface area is 109 Å². The fourth-order valence-corrected chi connectivity index (χ4v) is 2.52. The topological polar surface area (TPSA) is 48.4 Å². The number of thiazole rings is 1. The van der Waals surface area contributed by atoms with E-state index in [1.165, 1.54) is 11.3 Å². The minimum Gasteiger partial charge on any atom is -0.493 e. The number of rotatable bonds is 4. The monoisotopic (exact) mass is 263 g/mol. The number of ether oxygens (including phenoxy) is 2. The maximum absolute atomic E-state index is 10.7. The van der Waals surface area contributed by atoms with Crippen molar-refractivity contribution in [2.24, 2.45) is 0 Å². The van der Waals surface area contributed by atoms with Crippen LogP contribution in [0.4, 0.5) is 0 Å². The van der Waals surface area contributed by atoms with Crippen molar-refractivity contribution in [2.45, 2.75) is 6.92 Å². The lowest BCUT2D eigenvalue weighted by molar-refractivity contribution is 0.111. The van der Waals surface area contributed by atoms with E-state index in [4.69, 9.17) is 9.47 Å².